The maximum atomic E-state index is 10.7. The van der Waals surface area contributed by atoms with Crippen LogP contribution in [0.15, 0.2) is 97.1 Å². The predicted octanol–water partition coefficient (Wildman–Crippen LogP) is 13.6. The summed E-state index contributed by atoms with van der Waals surface area (Å²) < 4.78 is 0. The lowest BCUT2D eigenvalue weighted by Crippen LogP contribution is -2.10. The van der Waals surface area contributed by atoms with Crippen molar-refractivity contribution in [3.05, 3.63) is 142 Å². The number of rotatable bonds is 2. The first-order chi connectivity index (χ1) is 27.5. The summed E-state index contributed by atoms with van der Waals surface area (Å²) in [5, 5.41) is 53.0. The van der Waals surface area contributed by atoms with Crippen molar-refractivity contribution >= 4 is 53.9 Å². The van der Waals surface area contributed by atoms with E-state index < -0.39 is 0 Å². The van der Waals surface area contributed by atoms with Crippen molar-refractivity contribution in [2.75, 3.05) is 0 Å². The molecule has 1 aliphatic rings. The van der Waals surface area contributed by atoms with Gasteiger partial charge in [-0.3, -0.25) is 0 Å². The molecule has 0 radical (unpaired) electrons. The normalized spacial score (nSPS) is 12.0. The Hall–Kier alpha value is -7.50. The van der Waals surface area contributed by atoms with Crippen LogP contribution in [0.5, 0.6) is 0 Å². The van der Waals surface area contributed by atoms with E-state index in [-0.39, 0.29) is 5.41 Å². The Kier molecular flexibility index (Phi) is 7.01. The molecular formula is C53H34N4. The first-order valence-electron chi connectivity index (χ1n) is 19.2. The highest BCUT2D eigenvalue weighted by Crippen LogP contribution is 2.56. The average Bonchev–Trinajstić information content (AvgIpc) is 3.50. The summed E-state index contributed by atoms with van der Waals surface area (Å²) in [4.78, 5) is 0. The van der Waals surface area contributed by atoms with E-state index in [4.69, 9.17) is 0 Å². The molecule has 0 aromatic heterocycles. The Balaban J connectivity index is 1.46. The van der Waals surface area contributed by atoms with Crippen LogP contribution >= 0.6 is 0 Å². The minimum absolute atomic E-state index is 0.0378. The first kappa shape index (κ1) is 34.0. The molecule has 0 aliphatic heterocycles. The number of hydrogen-bond donors (Lipinski definition) is 0. The van der Waals surface area contributed by atoms with Crippen LogP contribution in [0.3, 0.4) is 0 Å². The fourth-order valence-electron chi connectivity index (χ4n) is 9.75. The molecule has 9 aromatic carbocycles. The van der Waals surface area contributed by atoms with E-state index in [1.165, 1.54) is 54.6 Å². The summed E-state index contributed by atoms with van der Waals surface area (Å²) in [5.74, 6) is 0. The molecule has 0 atom stereocenters. The van der Waals surface area contributed by atoms with Crippen LogP contribution in [0.4, 0.5) is 0 Å². The van der Waals surface area contributed by atoms with Gasteiger partial charge >= 0.3 is 0 Å². The van der Waals surface area contributed by atoms with Gasteiger partial charge in [0.1, 0.15) is 24.3 Å². The lowest BCUT2D eigenvalue weighted by Gasteiger charge is -2.22. The number of hydrogen-bond acceptors (Lipinski definition) is 4. The Bertz CT molecular complexity index is 3510. The second-order valence-corrected chi connectivity index (χ2v) is 16.6. The van der Waals surface area contributed by atoms with Crippen LogP contribution in [0.1, 0.15) is 65.3 Å². The van der Waals surface area contributed by atoms with E-state index in [9.17, 15) is 21.0 Å². The molecule has 0 fully saturated rings. The molecule has 4 nitrogen and oxygen atoms in total. The number of aryl methyl sites for hydroxylation is 3. The highest BCUT2D eigenvalue weighted by Gasteiger charge is 2.31. The van der Waals surface area contributed by atoms with Gasteiger partial charge in [-0.25, -0.2) is 0 Å². The lowest BCUT2D eigenvalue weighted by molar-refractivity contribution is 0.591. The summed E-state index contributed by atoms with van der Waals surface area (Å²) in [7, 11) is 0. The summed E-state index contributed by atoms with van der Waals surface area (Å²) in [6, 6.07) is 43.3. The molecule has 0 heterocycles. The maximum absolute atomic E-state index is 10.7. The smallest absolute Gasteiger partial charge is 0.101 e. The average molecular weight is 727 g/mol. The zero-order valence-electron chi connectivity index (χ0n) is 32.5. The van der Waals surface area contributed by atoms with Crippen LogP contribution in [-0.4, -0.2) is 0 Å². The summed E-state index contributed by atoms with van der Waals surface area (Å²) >= 11 is 0. The molecule has 0 N–H and O–H groups in total. The second-order valence-electron chi connectivity index (χ2n) is 16.6. The SMILES string of the molecule is Cc1ccc(C#N)c(C#N)c1-c1c2ccccc2c(-c2c(C)ccc(C#N)c2C#N)c2cc3c(cc12)-c1cc(C)c2ccc4cc(C(C)(C)C)cc5cc-3c1c2c45. The Morgan fingerprint density at radius 2 is 0.930 bits per heavy atom. The van der Waals surface area contributed by atoms with Gasteiger partial charge in [-0.1, -0.05) is 87.5 Å². The molecule has 0 saturated carbocycles. The van der Waals surface area contributed by atoms with Gasteiger partial charge in [-0.05, 0) is 166 Å². The highest BCUT2D eigenvalue weighted by atomic mass is 14.4. The van der Waals surface area contributed by atoms with Crippen LogP contribution in [-0.2, 0) is 5.41 Å². The van der Waals surface area contributed by atoms with Gasteiger partial charge in [0.05, 0.1) is 22.3 Å². The van der Waals surface area contributed by atoms with Crippen LogP contribution in [0.2, 0.25) is 0 Å². The first-order valence-corrected chi connectivity index (χ1v) is 19.2. The fourth-order valence-corrected chi connectivity index (χ4v) is 9.75. The van der Waals surface area contributed by atoms with Crippen LogP contribution in [0, 0.1) is 66.1 Å². The molecule has 0 bridgehead atoms. The van der Waals surface area contributed by atoms with Crippen LogP contribution < -0.4 is 0 Å². The van der Waals surface area contributed by atoms with E-state index in [1.54, 1.807) is 12.1 Å². The van der Waals surface area contributed by atoms with E-state index in [1.807, 2.05) is 38.1 Å². The summed E-state index contributed by atoms with van der Waals surface area (Å²) in [6.07, 6.45) is 0. The molecule has 0 saturated heterocycles. The number of benzene rings is 9. The topological polar surface area (TPSA) is 95.2 Å². The molecular weight excluding hydrogens is 693 g/mol. The molecule has 10 rings (SSSR count). The maximum Gasteiger partial charge on any atom is 0.101 e. The summed E-state index contributed by atoms with van der Waals surface area (Å²) in [5.41, 5.74) is 13.3. The second kappa shape index (κ2) is 11.8. The lowest BCUT2D eigenvalue weighted by atomic mass is 9.79. The van der Waals surface area contributed by atoms with Gasteiger partial charge in [0.2, 0.25) is 0 Å². The van der Waals surface area contributed by atoms with E-state index in [0.717, 1.165) is 66.1 Å². The Labute approximate surface area is 331 Å². The third-order valence-electron chi connectivity index (χ3n) is 12.4. The number of nitriles is 4. The van der Waals surface area contributed by atoms with Gasteiger partial charge in [0.15, 0.2) is 0 Å². The third kappa shape index (κ3) is 4.51. The molecule has 0 unspecified atom stereocenters. The standard InChI is InChI=1S/C53H34N4/c1-27-11-13-31(23-54)44(25-56)46(27)49-36-9-7-8-10-37(36)50(47-28(2)12-14-32(24-55)45(47)26-57)43-22-39-38(21-42(43)49)40-17-29(3)35-16-15-30-18-34(53(4,5)6)19-33-20-41(39)51(40)52(35)48(30)33/h7-22H,1-6H3. The van der Waals surface area contributed by atoms with E-state index >= 15 is 0 Å². The predicted molar refractivity (Wildman–Crippen MR) is 232 cm³/mol. The van der Waals surface area contributed by atoms with Crippen molar-refractivity contribution < 1.29 is 0 Å². The molecule has 9 aromatic rings. The summed E-state index contributed by atoms with van der Waals surface area (Å²) in [6.45, 7) is 13.0. The van der Waals surface area contributed by atoms with E-state index in [2.05, 4.69) is 113 Å². The molecule has 0 amide bonds. The highest BCUT2D eigenvalue weighted by molar-refractivity contribution is 6.34. The minimum atomic E-state index is -0.0378. The monoisotopic (exact) mass is 726 g/mol. The minimum Gasteiger partial charge on any atom is -0.192 e. The van der Waals surface area contributed by atoms with Gasteiger partial charge in [0, 0.05) is 11.1 Å². The van der Waals surface area contributed by atoms with Gasteiger partial charge in [-0.15, -0.1) is 0 Å². The quantitative estimate of drug-likeness (QED) is 0.131. The van der Waals surface area contributed by atoms with Crippen molar-refractivity contribution in [1.29, 1.82) is 21.0 Å². The molecule has 1 aliphatic carbocycles. The van der Waals surface area contributed by atoms with Crippen molar-refractivity contribution in [2.45, 2.75) is 47.0 Å². The largest absolute Gasteiger partial charge is 0.192 e. The zero-order chi connectivity index (χ0) is 39.7. The molecule has 0 spiro atoms. The Morgan fingerprint density at radius 1 is 0.404 bits per heavy atom. The number of nitrogens with zero attached hydrogens (tertiary/aromatic N) is 4. The molecule has 57 heavy (non-hydrogen) atoms. The molecule has 4 heteroatoms. The third-order valence-corrected chi connectivity index (χ3v) is 12.4. The number of fused-ring (bicyclic) bond motifs is 5. The van der Waals surface area contributed by atoms with Crippen molar-refractivity contribution in [3.8, 4) is 68.8 Å². The molecule has 266 valence electrons. The zero-order valence-corrected chi connectivity index (χ0v) is 32.5. The van der Waals surface area contributed by atoms with Crippen molar-refractivity contribution in [3.63, 3.8) is 0 Å². The van der Waals surface area contributed by atoms with Gasteiger partial charge in [0.25, 0.3) is 0 Å². The van der Waals surface area contributed by atoms with E-state index in [0.29, 0.717) is 22.3 Å². The van der Waals surface area contributed by atoms with Gasteiger partial charge in [-0.2, -0.15) is 21.0 Å². The van der Waals surface area contributed by atoms with Crippen molar-refractivity contribution in [1.82, 2.24) is 0 Å². The Morgan fingerprint density at radius 3 is 1.44 bits per heavy atom. The van der Waals surface area contributed by atoms with Gasteiger partial charge < -0.3 is 0 Å². The van der Waals surface area contributed by atoms with Crippen molar-refractivity contribution in [2.24, 2.45) is 0 Å². The fraction of sp³-hybridized carbons (Fsp3) is 0.132. The van der Waals surface area contributed by atoms with Crippen LogP contribution in [0.25, 0.3) is 98.4 Å².